The molecule has 2 fully saturated rings. The molecule has 0 aliphatic carbocycles. The van der Waals surface area contributed by atoms with Gasteiger partial charge in [0.2, 0.25) is 6.79 Å². The van der Waals surface area contributed by atoms with E-state index in [0.717, 1.165) is 11.1 Å². The van der Waals surface area contributed by atoms with Crippen molar-refractivity contribution in [2.75, 3.05) is 39.9 Å². The fourth-order valence-electron chi connectivity index (χ4n) is 10.9. The maximum absolute atomic E-state index is 15.2. The van der Waals surface area contributed by atoms with Crippen LogP contribution >= 0.6 is 11.8 Å². The summed E-state index contributed by atoms with van der Waals surface area (Å²) in [6.07, 6.45) is 0.776. The molecule has 18 heteroatoms. The molecule has 10 rings (SSSR count). The third-order valence-corrected chi connectivity index (χ3v) is 14.9. The molecule has 2 saturated heterocycles. The Bertz CT molecular complexity index is 2610. The van der Waals surface area contributed by atoms with Crippen molar-refractivity contribution in [2.45, 2.75) is 121 Å². The molecule has 17 nitrogen and oxygen atoms in total. The fourth-order valence-corrected chi connectivity index (χ4v) is 12.6. The second-order valence-electron chi connectivity index (χ2n) is 18.5. The van der Waals surface area contributed by atoms with Crippen molar-refractivity contribution >= 4 is 35.8 Å². The second kappa shape index (κ2) is 16.8. The molecule has 3 aromatic carbocycles. The zero-order valence-corrected chi connectivity index (χ0v) is 39.3. The van der Waals surface area contributed by atoms with Crippen LogP contribution in [0.15, 0.2) is 18.2 Å². The van der Waals surface area contributed by atoms with E-state index < -0.39 is 70.6 Å². The quantitative estimate of drug-likeness (QED) is 0.206. The van der Waals surface area contributed by atoms with Crippen molar-refractivity contribution < 1.29 is 62.2 Å². The van der Waals surface area contributed by atoms with Crippen LogP contribution in [0.3, 0.4) is 0 Å². The minimum atomic E-state index is -1.52. The lowest BCUT2D eigenvalue weighted by atomic mass is 9.71. The number of nitrogens with zero attached hydrogens (tertiary/aromatic N) is 3. The van der Waals surface area contributed by atoms with Gasteiger partial charge < -0.3 is 43.0 Å². The first-order chi connectivity index (χ1) is 31.5. The first-order valence-corrected chi connectivity index (χ1v) is 23.2. The highest BCUT2D eigenvalue weighted by molar-refractivity contribution is 7.99. The van der Waals surface area contributed by atoms with E-state index in [1.165, 1.54) is 32.9 Å². The third kappa shape index (κ3) is 7.03. The molecule has 3 aromatic rings. The third-order valence-electron chi connectivity index (χ3n) is 13.4. The number of methoxy groups -OCH3 is 2. The highest BCUT2D eigenvalue weighted by atomic mass is 32.2. The summed E-state index contributed by atoms with van der Waals surface area (Å²) in [6, 6.07) is 3.24. The van der Waals surface area contributed by atoms with Gasteiger partial charge in [-0.15, -0.1) is 11.8 Å². The number of carbonyl (C=O) groups is 4. The molecule has 7 aliphatic heterocycles. The molecule has 1 amide bonds. The van der Waals surface area contributed by atoms with Crippen LogP contribution in [0.2, 0.25) is 0 Å². The van der Waals surface area contributed by atoms with Crippen molar-refractivity contribution in [2.24, 2.45) is 0 Å². The van der Waals surface area contributed by atoms with E-state index in [0.29, 0.717) is 64.3 Å². The Morgan fingerprint density at radius 1 is 1.00 bits per heavy atom. The number of fused-ring (bicyclic) bond motifs is 9. The average molecular weight is 927 g/mol. The lowest BCUT2D eigenvalue weighted by Gasteiger charge is -2.62. The Morgan fingerprint density at radius 3 is 2.44 bits per heavy atom. The second-order valence-corrected chi connectivity index (χ2v) is 19.6. The molecular formula is C48H54N4O13S. The Labute approximate surface area is 386 Å². The number of hydrogen-bond acceptors (Lipinski definition) is 17. The maximum atomic E-state index is 15.2. The van der Waals surface area contributed by atoms with E-state index >= 15 is 4.79 Å². The molecule has 7 atom stereocenters. The van der Waals surface area contributed by atoms with Crippen LogP contribution < -0.4 is 33.7 Å². The monoisotopic (exact) mass is 926 g/mol. The van der Waals surface area contributed by atoms with Crippen molar-refractivity contribution in [3.8, 4) is 46.3 Å². The predicted molar refractivity (Wildman–Crippen MR) is 237 cm³/mol. The first kappa shape index (κ1) is 45.3. The van der Waals surface area contributed by atoms with Crippen molar-refractivity contribution in [1.82, 2.24) is 15.1 Å². The average Bonchev–Trinajstić information content (AvgIpc) is 3.75. The number of phenolic OH excluding ortho intramolecular Hbond substituents is 1. The summed E-state index contributed by atoms with van der Waals surface area (Å²) in [5.74, 6) is -0.127. The van der Waals surface area contributed by atoms with Gasteiger partial charge in [-0.25, -0.2) is 9.59 Å². The number of ether oxygens (including phenoxy) is 8. The number of aromatic hydroxyl groups is 1. The number of piperazine rings is 1. The van der Waals surface area contributed by atoms with Crippen LogP contribution in [0.25, 0.3) is 0 Å². The number of hydrogen-bond donors (Lipinski definition) is 2. The predicted octanol–water partition coefficient (Wildman–Crippen LogP) is 6.29. The van der Waals surface area contributed by atoms with Crippen molar-refractivity contribution in [3.05, 3.63) is 62.7 Å². The number of aryl methyl sites for hydroxylation is 1. The maximum Gasteiger partial charge on any atom is 0.411 e. The standard InChI is InChI=1S/C48H54N4O13S/c1-10-11-33(54)64-32-16-25-12-13-50-48(27(25)17-31(32)58-8)20-66-44-36-35(43-42(61-21-62-43)23(3)41(36)63-24(4)53)30(19-60-45(48)56)51-29(18-49)28-15-26-14-22(2)40(59-9)39(55)34(26)37(38(44)51)52(28)46(57)65-47(5,6)7/h14,16-17,28-30,37-38,44,50,55H,10-13,15,19-21H2,1-9H3/t28-,29+,30-,37+,38?,44-,48-/m1/s1. The summed E-state index contributed by atoms with van der Waals surface area (Å²) in [7, 11) is 2.93. The molecule has 0 aromatic heterocycles. The van der Waals surface area contributed by atoms with Gasteiger partial charge in [0, 0.05) is 47.9 Å². The van der Waals surface area contributed by atoms with Crippen molar-refractivity contribution in [3.63, 3.8) is 0 Å². The van der Waals surface area contributed by atoms with Crippen LogP contribution in [-0.4, -0.2) is 103 Å². The highest BCUT2D eigenvalue weighted by Gasteiger charge is 2.64. The fraction of sp³-hybridized carbons (Fsp3) is 0.521. The zero-order valence-electron chi connectivity index (χ0n) is 38.4. The first-order valence-electron chi connectivity index (χ1n) is 22.2. The lowest BCUT2D eigenvalue weighted by Crippen LogP contribution is -2.71. The molecule has 0 saturated carbocycles. The van der Waals surface area contributed by atoms with Gasteiger partial charge in [0.15, 0.2) is 40.0 Å². The molecule has 7 aliphatic rings. The number of amides is 1. The van der Waals surface area contributed by atoms with Gasteiger partial charge in [-0.1, -0.05) is 13.0 Å². The van der Waals surface area contributed by atoms with E-state index in [9.17, 15) is 24.8 Å². The van der Waals surface area contributed by atoms with Gasteiger partial charge in [-0.05, 0) is 88.3 Å². The van der Waals surface area contributed by atoms with E-state index in [1.54, 1.807) is 44.7 Å². The molecular weight excluding hydrogens is 873 g/mol. The van der Waals surface area contributed by atoms with Gasteiger partial charge in [-0.2, -0.15) is 5.26 Å². The normalized spacial score (nSPS) is 25.9. The van der Waals surface area contributed by atoms with Gasteiger partial charge in [-0.3, -0.25) is 24.7 Å². The van der Waals surface area contributed by atoms with Gasteiger partial charge in [0.1, 0.15) is 24.0 Å². The van der Waals surface area contributed by atoms with Crippen LogP contribution in [0, 0.1) is 25.2 Å². The lowest BCUT2D eigenvalue weighted by molar-refractivity contribution is -0.157. The molecule has 66 heavy (non-hydrogen) atoms. The van der Waals surface area contributed by atoms with Crippen LogP contribution in [0.5, 0.6) is 40.2 Å². The van der Waals surface area contributed by atoms with Crippen LogP contribution in [0.4, 0.5) is 4.79 Å². The van der Waals surface area contributed by atoms with Gasteiger partial charge >= 0.3 is 24.0 Å². The van der Waals surface area contributed by atoms with E-state index in [-0.39, 0.29) is 60.7 Å². The van der Waals surface area contributed by atoms with E-state index in [4.69, 9.17) is 37.9 Å². The Morgan fingerprint density at radius 2 is 1.76 bits per heavy atom. The van der Waals surface area contributed by atoms with E-state index in [1.807, 2.05) is 24.8 Å². The van der Waals surface area contributed by atoms with Gasteiger partial charge in [0.05, 0.1) is 49.7 Å². The summed E-state index contributed by atoms with van der Waals surface area (Å²) in [5.41, 5.74) is 2.22. The molecule has 4 bridgehead atoms. The summed E-state index contributed by atoms with van der Waals surface area (Å²) in [6.45, 7) is 12.0. The molecule has 1 unspecified atom stereocenters. The Balaban J connectivity index is 1.32. The molecule has 1 spiro atoms. The number of benzene rings is 3. The van der Waals surface area contributed by atoms with Gasteiger partial charge in [0.25, 0.3) is 0 Å². The number of thioether (sulfide) groups is 1. The van der Waals surface area contributed by atoms with Crippen molar-refractivity contribution in [1.29, 1.82) is 5.26 Å². The van der Waals surface area contributed by atoms with Crippen LogP contribution in [-0.2, 0) is 42.2 Å². The largest absolute Gasteiger partial charge is 0.504 e. The Kier molecular flexibility index (Phi) is 11.5. The molecule has 7 heterocycles. The number of carbonyl (C=O) groups excluding carboxylic acids is 4. The topological polar surface area (TPSA) is 205 Å². The number of nitriles is 1. The molecule has 0 radical (unpaired) electrons. The zero-order chi connectivity index (χ0) is 47.1. The minimum Gasteiger partial charge on any atom is -0.504 e. The number of phenols is 1. The summed E-state index contributed by atoms with van der Waals surface area (Å²) >= 11 is 1.35. The smallest absolute Gasteiger partial charge is 0.411 e. The minimum absolute atomic E-state index is 0.00106. The number of nitrogens with one attached hydrogen (secondary N) is 1. The summed E-state index contributed by atoms with van der Waals surface area (Å²) in [5, 5.41) is 26.5. The number of esters is 3. The van der Waals surface area contributed by atoms with Crippen LogP contribution in [0.1, 0.15) is 109 Å². The van der Waals surface area contributed by atoms with E-state index in [2.05, 4.69) is 11.4 Å². The molecule has 350 valence electrons. The highest BCUT2D eigenvalue weighted by Crippen LogP contribution is 2.65. The Hall–Kier alpha value is -5.90. The molecule has 2 N–H and O–H groups in total. The summed E-state index contributed by atoms with van der Waals surface area (Å²) < 4.78 is 48.6. The number of rotatable bonds is 6. The SMILES string of the molecule is CCCC(=O)Oc1cc2c(cc1OC)[C@@]1(CS[C@@H]3c4c(OC(C)=O)c(C)c5c(c4[C@@H](COC1=O)N1C3[C@@H]3c4c(cc(C)c(OC)c4O)C[C@H]([C@@H]1C#N)N3C(=O)OC(C)(C)C)OCO5)NCC2. The summed E-state index contributed by atoms with van der Waals surface area (Å²) in [4.78, 5) is 59.6.